The number of aliphatic hydroxyl groups excluding tert-OH is 1. The van der Waals surface area contributed by atoms with Gasteiger partial charge in [-0.05, 0) is 44.1 Å². The minimum Gasteiger partial charge on any atom is -0.394 e. The van der Waals surface area contributed by atoms with Gasteiger partial charge in [0, 0.05) is 16.6 Å². The van der Waals surface area contributed by atoms with Gasteiger partial charge in [0.15, 0.2) is 0 Å². The standard InChI is InChI=1S/C15H20BrFN2O2/c16-12-6-11(7-13(17)8-12)15(21)18-14(10-20)9-19-4-2-1-3-5-19/h6-8,14,20H,1-5,9-10H2,(H,18,21). The summed E-state index contributed by atoms with van der Waals surface area (Å²) in [5.41, 5.74) is 0.249. The van der Waals surface area contributed by atoms with Crippen LogP contribution in [0, 0.1) is 5.82 Å². The van der Waals surface area contributed by atoms with Crippen LogP contribution in [0.25, 0.3) is 0 Å². The van der Waals surface area contributed by atoms with Crippen LogP contribution in [0.1, 0.15) is 29.6 Å². The first-order valence-electron chi connectivity index (χ1n) is 7.18. The second-order valence-corrected chi connectivity index (χ2v) is 6.29. The molecule has 0 radical (unpaired) electrons. The average molecular weight is 359 g/mol. The molecule has 1 aromatic carbocycles. The van der Waals surface area contributed by atoms with Gasteiger partial charge < -0.3 is 15.3 Å². The van der Waals surface area contributed by atoms with Gasteiger partial charge in [-0.3, -0.25) is 4.79 Å². The summed E-state index contributed by atoms with van der Waals surface area (Å²) in [6, 6.07) is 3.72. The molecule has 0 saturated carbocycles. The molecule has 1 aliphatic heterocycles. The number of aliphatic hydroxyl groups is 1. The maximum absolute atomic E-state index is 13.3. The Morgan fingerprint density at radius 1 is 1.33 bits per heavy atom. The van der Waals surface area contributed by atoms with Gasteiger partial charge in [0.05, 0.1) is 12.6 Å². The van der Waals surface area contributed by atoms with E-state index in [4.69, 9.17) is 0 Å². The molecule has 1 heterocycles. The molecule has 0 aliphatic carbocycles. The topological polar surface area (TPSA) is 52.6 Å². The summed E-state index contributed by atoms with van der Waals surface area (Å²) in [5, 5.41) is 12.2. The summed E-state index contributed by atoms with van der Waals surface area (Å²) >= 11 is 3.17. The molecule has 1 saturated heterocycles. The fourth-order valence-electron chi connectivity index (χ4n) is 2.56. The predicted octanol–water partition coefficient (Wildman–Crippen LogP) is 2.16. The van der Waals surface area contributed by atoms with Crippen LogP contribution in [-0.2, 0) is 0 Å². The molecule has 6 heteroatoms. The fourth-order valence-corrected chi connectivity index (χ4v) is 3.02. The summed E-state index contributed by atoms with van der Waals surface area (Å²) in [6.07, 6.45) is 3.55. The Morgan fingerprint density at radius 3 is 2.67 bits per heavy atom. The van der Waals surface area contributed by atoms with Crippen LogP contribution in [0.15, 0.2) is 22.7 Å². The van der Waals surface area contributed by atoms with Crippen molar-refractivity contribution in [3.05, 3.63) is 34.1 Å². The molecule has 1 atom stereocenters. The lowest BCUT2D eigenvalue weighted by atomic mass is 10.1. The summed E-state index contributed by atoms with van der Waals surface area (Å²) < 4.78 is 13.8. The fraction of sp³-hybridized carbons (Fsp3) is 0.533. The molecule has 0 spiro atoms. The summed E-state index contributed by atoms with van der Waals surface area (Å²) in [6.45, 7) is 2.49. The largest absolute Gasteiger partial charge is 0.394 e. The van der Waals surface area contributed by atoms with Crippen molar-refractivity contribution in [3.8, 4) is 0 Å². The van der Waals surface area contributed by atoms with Crippen molar-refractivity contribution >= 4 is 21.8 Å². The lowest BCUT2D eigenvalue weighted by Gasteiger charge is -2.30. The first kappa shape index (κ1) is 16.4. The van der Waals surface area contributed by atoms with Gasteiger partial charge in [-0.25, -0.2) is 4.39 Å². The minimum atomic E-state index is -0.467. The Bertz CT molecular complexity index is 472. The molecule has 1 aromatic rings. The highest BCUT2D eigenvalue weighted by molar-refractivity contribution is 9.10. The van der Waals surface area contributed by atoms with E-state index in [0.29, 0.717) is 11.0 Å². The van der Waals surface area contributed by atoms with Crippen molar-refractivity contribution in [3.63, 3.8) is 0 Å². The van der Waals surface area contributed by atoms with E-state index in [9.17, 15) is 14.3 Å². The molecule has 21 heavy (non-hydrogen) atoms. The Morgan fingerprint density at radius 2 is 2.05 bits per heavy atom. The van der Waals surface area contributed by atoms with Gasteiger partial charge in [0.2, 0.25) is 0 Å². The maximum atomic E-state index is 13.3. The molecule has 1 amide bonds. The third-order valence-electron chi connectivity index (χ3n) is 3.61. The van der Waals surface area contributed by atoms with Crippen molar-refractivity contribution in [2.75, 3.05) is 26.2 Å². The van der Waals surface area contributed by atoms with E-state index in [-0.39, 0.29) is 24.1 Å². The highest BCUT2D eigenvalue weighted by Gasteiger charge is 2.18. The number of likely N-dealkylation sites (tertiary alicyclic amines) is 1. The van der Waals surface area contributed by atoms with Gasteiger partial charge in [0.1, 0.15) is 5.82 Å². The zero-order valence-electron chi connectivity index (χ0n) is 11.8. The van der Waals surface area contributed by atoms with E-state index in [1.807, 2.05) is 0 Å². The number of hydrogen-bond acceptors (Lipinski definition) is 3. The molecule has 4 nitrogen and oxygen atoms in total. The minimum absolute atomic E-state index is 0.126. The number of benzene rings is 1. The van der Waals surface area contributed by atoms with Gasteiger partial charge in [-0.2, -0.15) is 0 Å². The van der Waals surface area contributed by atoms with Crippen molar-refractivity contribution in [2.24, 2.45) is 0 Å². The van der Waals surface area contributed by atoms with E-state index in [2.05, 4.69) is 26.1 Å². The number of nitrogens with one attached hydrogen (secondary N) is 1. The van der Waals surface area contributed by atoms with E-state index >= 15 is 0 Å². The van der Waals surface area contributed by atoms with Gasteiger partial charge in [-0.1, -0.05) is 22.4 Å². The Hall–Kier alpha value is -0.980. The summed E-state index contributed by atoms with van der Waals surface area (Å²) in [4.78, 5) is 14.4. The monoisotopic (exact) mass is 358 g/mol. The van der Waals surface area contributed by atoms with Crippen LogP contribution in [0.4, 0.5) is 4.39 Å². The molecular weight excluding hydrogens is 339 g/mol. The Labute approximate surface area is 132 Å². The van der Waals surface area contributed by atoms with Crippen LogP contribution in [-0.4, -0.2) is 48.2 Å². The van der Waals surface area contributed by atoms with Crippen LogP contribution in [0.2, 0.25) is 0 Å². The summed E-state index contributed by atoms with van der Waals surface area (Å²) in [5.74, 6) is -0.836. The van der Waals surface area contributed by atoms with Crippen molar-refractivity contribution in [1.29, 1.82) is 0 Å². The van der Waals surface area contributed by atoms with E-state index < -0.39 is 5.82 Å². The number of nitrogens with zero attached hydrogens (tertiary/aromatic N) is 1. The first-order chi connectivity index (χ1) is 10.1. The SMILES string of the molecule is O=C(NC(CO)CN1CCCCC1)c1cc(F)cc(Br)c1. The van der Waals surface area contributed by atoms with Gasteiger partial charge >= 0.3 is 0 Å². The second-order valence-electron chi connectivity index (χ2n) is 5.37. The molecule has 116 valence electrons. The molecule has 0 aromatic heterocycles. The van der Waals surface area contributed by atoms with Crippen molar-refractivity contribution < 1.29 is 14.3 Å². The van der Waals surface area contributed by atoms with Crippen LogP contribution < -0.4 is 5.32 Å². The molecule has 1 unspecified atom stereocenters. The number of amides is 1. The number of rotatable bonds is 5. The number of carbonyl (C=O) groups is 1. The molecule has 2 rings (SSSR count). The normalized spacial score (nSPS) is 17.5. The van der Waals surface area contributed by atoms with Gasteiger partial charge in [-0.15, -0.1) is 0 Å². The van der Waals surface area contributed by atoms with Crippen LogP contribution in [0.3, 0.4) is 0 Å². The highest BCUT2D eigenvalue weighted by atomic mass is 79.9. The number of carbonyl (C=O) groups excluding carboxylic acids is 1. The molecule has 1 aliphatic rings. The number of piperidine rings is 1. The average Bonchev–Trinajstić information content (AvgIpc) is 2.46. The van der Waals surface area contributed by atoms with Crippen molar-refractivity contribution in [1.82, 2.24) is 10.2 Å². The molecular formula is C15H20BrFN2O2. The zero-order valence-corrected chi connectivity index (χ0v) is 13.4. The van der Waals surface area contributed by atoms with Gasteiger partial charge in [0.25, 0.3) is 5.91 Å². The number of halogens is 2. The van der Waals surface area contributed by atoms with Crippen LogP contribution in [0.5, 0.6) is 0 Å². The molecule has 0 bridgehead atoms. The highest BCUT2D eigenvalue weighted by Crippen LogP contribution is 2.15. The third-order valence-corrected chi connectivity index (χ3v) is 4.07. The number of hydrogen-bond donors (Lipinski definition) is 2. The molecule has 2 N–H and O–H groups in total. The molecule has 1 fully saturated rings. The van der Waals surface area contributed by atoms with E-state index in [1.54, 1.807) is 6.07 Å². The lowest BCUT2D eigenvalue weighted by molar-refractivity contribution is 0.0886. The van der Waals surface area contributed by atoms with E-state index in [0.717, 1.165) is 25.9 Å². The first-order valence-corrected chi connectivity index (χ1v) is 7.98. The quantitative estimate of drug-likeness (QED) is 0.847. The van der Waals surface area contributed by atoms with E-state index in [1.165, 1.54) is 18.6 Å². The van der Waals surface area contributed by atoms with Crippen molar-refractivity contribution in [2.45, 2.75) is 25.3 Å². The summed E-state index contributed by atoms with van der Waals surface area (Å²) in [7, 11) is 0. The predicted molar refractivity (Wildman–Crippen MR) is 82.7 cm³/mol. The Balaban J connectivity index is 1.95. The third kappa shape index (κ3) is 5.05. The second kappa shape index (κ2) is 7.87. The smallest absolute Gasteiger partial charge is 0.251 e. The Kier molecular flexibility index (Phi) is 6.14. The zero-order chi connectivity index (χ0) is 15.2. The maximum Gasteiger partial charge on any atom is 0.251 e. The van der Waals surface area contributed by atoms with Crippen LogP contribution >= 0.6 is 15.9 Å². The lowest BCUT2D eigenvalue weighted by Crippen LogP contribution is -2.47.